The maximum absolute atomic E-state index is 13.7. The number of fused-ring (bicyclic) bond motifs is 1. The molecular formula is C28H31FN2O5S. The molecule has 0 fully saturated rings. The average molecular weight is 527 g/mol. The van der Waals surface area contributed by atoms with E-state index in [4.69, 9.17) is 14.2 Å². The van der Waals surface area contributed by atoms with Gasteiger partial charge < -0.3 is 24.0 Å². The van der Waals surface area contributed by atoms with Gasteiger partial charge in [-0.25, -0.2) is 4.39 Å². The second-order valence-electron chi connectivity index (χ2n) is 8.69. The molecule has 0 aliphatic carbocycles. The molecule has 37 heavy (non-hydrogen) atoms. The van der Waals surface area contributed by atoms with Crippen LogP contribution >= 0.6 is 11.3 Å². The fourth-order valence-electron chi connectivity index (χ4n) is 4.46. The normalized spacial score (nSPS) is 14.7. The van der Waals surface area contributed by atoms with Crippen molar-refractivity contribution in [3.8, 4) is 11.5 Å². The highest BCUT2D eigenvalue weighted by Crippen LogP contribution is 2.35. The lowest BCUT2D eigenvalue weighted by Crippen LogP contribution is -2.48. The van der Waals surface area contributed by atoms with Gasteiger partial charge in [0, 0.05) is 37.2 Å². The smallest absolute Gasteiger partial charge is 0.254 e. The Kier molecular flexibility index (Phi) is 9.14. The fraction of sp³-hybridized carbons (Fsp3) is 0.357. The molecule has 2 aromatic carbocycles. The number of thiophene rings is 1. The van der Waals surface area contributed by atoms with Crippen molar-refractivity contribution in [1.29, 1.82) is 0 Å². The van der Waals surface area contributed by atoms with Gasteiger partial charge in [-0.2, -0.15) is 0 Å². The Labute approximate surface area is 220 Å². The van der Waals surface area contributed by atoms with Crippen molar-refractivity contribution >= 4 is 23.2 Å². The minimum Gasteiger partial charge on any atom is -0.493 e. The third-order valence-electron chi connectivity index (χ3n) is 6.36. The Morgan fingerprint density at radius 3 is 2.57 bits per heavy atom. The van der Waals surface area contributed by atoms with Crippen molar-refractivity contribution < 1.29 is 28.2 Å². The predicted octanol–water partition coefficient (Wildman–Crippen LogP) is 4.58. The molecule has 2 amide bonds. The molecule has 0 bridgehead atoms. The van der Waals surface area contributed by atoms with Gasteiger partial charge in [-0.3, -0.25) is 9.59 Å². The van der Waals surface area contributed by atoms with E-state index in [1.807, 2.05) is 35.7 Å². The largest absolute Gasteiger partial charge is 0.493 e. The first-order valence-electron chi connectivity index (χ1n) is 12.2. The highest BCUT2D eigenvalue weighted by molar-refractivity contribution is 7.10. The Morgan fingerprint density at radius 2 is 1.84 bits per heavy atom. The van der Waals surface area contributed by atoms with Crippen molar-refractivity contribution in [3.63, 3.8) is 0 Å². The van der Waals surface area contributed by atoms with Crippen LogP contribution in [0.3, 0.4) is 0 Å². The number of ether oxygens (including phenoxy) is 3. The van der Waals surface area contributed by atoms with E-state index in [-0.39, 0.29) is 31.0 Å². The number of amides is 2. The van der Waals surface area contributed by atoms with Crippen molar-refractivity contribution in [3.05, 3.63) is 81.8 Å². The Balaban J connectivity index is 1.53. The number of nitrogens with zero attached hydrogens (tertiary/aromatic N) is 2. The van der Waals surface area contributed by atoms with Gasteiger partial charge in [0.1, 0.15) is 19.0 Å². The molecule has 0 radical (unpaired) electrons. The SMILES string of the molecule is COCCCN(CC(=O)N1CCc2sccc2C1COc1ccccc1OC)C(=O)c1ccc(F)cc1. The number of hydrogen-bond acceptors (Lipinski definition) is 6. The summed E-state index contributed by atoms with van der Waals surface area (Å²) in [7, 11) is 3.18. The van der Waals surface area contributed by atoms with Crippen molar-refractivity contribution in [1.82, 2.24) is 9.80 Å². The van der Waals surface area contributed by atoms with Crippen LogP contribution in [-0.2, 0) is 16.0 Å². The quantitative estimate of drug-likeness (QED) is 0.342. The third-order valence-corrected chi connectivity index (χ3v) is 7.36. The van der Waals surface area contributed by atoms with Crippen LogP contribution in [-0.4, -0.2) is 68.7 Å². The molecule has 1 aromatic heterocycles. The summed E-state index contributed by atoms with van der Waals surface area (Å²) in [6.07, 6.45) is 1.32. The summed E-state index contributed by atoms with van der Waals surface area (Å²) >= 11 is 1.68. The Hall–Kier alpha value is -3.43. The molecule has 0 saturated heterocycles. The van der Waals surface area contributed by atoms with Crippen LogP contribution in [0.2, 0.25) is 0 Å². The molecule has 0 spiro atoms. The van der Waals surface area contributed by atoms with Crippen molar-refractivity contribution in [2.75, 3.05) is 47.1 Å². The summed E-state index contributed by atoms with van der Waals surface area (Å²) in [5, 5.41) is 2.03. The maximum atomic E-state index is 13.7. The second kappa shape index (κ2) is 12.7. The van der Waals surface area contributed by atoms with Gasteiger partial charge in [-0.05, 0) is 66.2 Å². The van der Waals surface area contributed by atoms with Crippen molar-refractivity contribution in [2.24, 2.45) is 0 Å². The molecule has 1 unspecified atom stereocenters. The summed E-state index contributed by atoms with van der Waals surface area (Å²) in [6.45, 7) is 1.49. The van der Waals surface area contributed by atoms with Gasteiger partial charge >= 0.3 is 0 Å². The lowest BCUT2D eigenvalue weighted by molar-refractivity contribution is -0.135. The van der Waals surface area contributed by atoms with Crippen LogP contribution in [0.25, 0.3) is 0 Å². The second-order valence-corrected chi connectivity index (χ2v) is 9.69. The monoisotopic (exact) mass is 526 g/mol. The zero-order chi connectivity index (χ0) is 26.2. The number of rotatable bonds is 11. The van der Waals surface area contributed by atoms with E-state index in [0.717, 1.165) is 12.0 Å². The standard InChI is InChI=1S/C28H31FN2O5S/c1-34-16-5-14-30(28(33)20-8-10-21(29)11-9-20)18-27(32)31-15-12-26-22(13-17-37-26)23(31)19-36-25-7-4-3-6-24(25)35-2/h3-4,6-11,13,17,23H,5,12,14-16,18-19H2,1-2H3. The van der Waals surface area contributed by atoms with E-state index in [2.05, 4.69) is 0 Å². The third kappa shape index (κ3) is 6.47. The molecule has 1 atom stereocenters. The average Bonchev–Trinajstić information content (AvgIpc) is 3.40. The van der Waals surface area contributed by atoms with E-state index in [1.54, 1.807) is 30.5 Å². The van der Waals surface area contributed by atoms with Crippen LogP contribution in [0.15, 0.2) is 60.0 Å². The molecule has 4 rings (SSSR count). The molecule has 0 saturated carbocycles. The predicted molar refractivity (Wildman–Crippen MR) is 140 cm³/mol. The summed E-state index contributed by atoms with van der Waals surface area (Å²) in [6, 6.07) is 14.5. The minimum absolute atomic E-state index is 0.0927. The van der Waals surface area contributed by atoms with Crippen LogP contribution in [0.1, 0.15) is 33.3 Å². The van der Waals surface area contributed by atoms with E-state index < -0.39 is 5.82 Å². The number of benzene rings is 2. The van der Waals surface area contributed by atoms with Crippen LogP contribution in [0.5, 0.6) is 11.5 Å². The highest BCUT2D eigenvalue weighted by Gasteiger charge is 2.33. The summed E-state index contributed by atoms with van der Waals surface area (Å²) in [5.74, 6) is 0.317. The van der Waals surface area contributed by atoms with Gasteiger partial charge in [0.15, 0.2) is 11.5 Å². The van der Waals surface area contributed by atoms with Crippen LogP contribution in [0.4, 0.5) is 4.39 Å². The first-order valence-corrected chi connectivity index (χ1v) is 13.0. The molecule has 2 heterocycles. The van der Waals surface area contributed by atoms with E-state index in [0.29, 0.717) is 43.2 Å². The Morgan fingerprint density at radius 1 is 1.08 bits per heavy atom. The fourth-order valence-corrected chi connectivity index (χ4v) is 5.39. The molecule has 0 N–H and O–H groups in total. The summed E-state index contributed by atoms with van der Waals surface area (Å²) < 4.78 is 30.1. The molecule has 7 nitrogen and oxygen atoms in total. The number of carbonyl (C=O) groups is 2. The van der Waals surface area contributed by atoms with E-state index in [1.165, 1.54) is 34.0 Å². The molecule has 9 heteroatoms. The molecule has 3 aromatic rings. The molecule has 1 aliphatic heterocycles. The number of hydrogen-bond donors (Lipinski definition) is 0. The van der Waals surface area contributed by atoms with Gasteiger partial charge in [-0.15, -0.1) is 11.3 Å². The number of halogens is 1. The zero-order valence-electron chi connectivity index (χ0n) is 21.0. The van der Waals surface area contributed by atoms with Crippen LogP contribution in [0, 0.1) is 5.82 Å². The van der Waals surface area contributed by atoms with Gasteiger partial charge in [0.2, 0.25) is 5.91 Å². The summed E-state index contributed by atoms with van der Waals surface area (Å²) in [4.78, 5) is 31.5. The Bertz CT molecular complexity index is 1200. The lowest BCUT2D eigenvalue weighted by atomic mass is 10.0. The molecule has 1 aliphatic rings. The van der Waals surface area contributed by atoms with E-state index in [9.17, 15) is 14.0 Å². The maximum Gasteiger partial charge on any atom is 0.254 e. The summed E-state index contributed by atoms with van der Waals surface area (Å²) in [5.41, 5.74) is 1.40. The van der Waals surface area contributed by atoms with Crippen molar-refractivity contribution in [2.45, 2.75) is 18.9 Å². The number of para-hydroxylation sites is 2. The molecular weight excluding hydrogens is 495 g/mol. The first-order chi connectivity index (χ1) is 18.0. The first kappa shape index (κ1) is 26.6. The minimum atomic E-state index is -0.420. The topological polar surface area (TPSA) is 68.3 Å². The lowest BCUT2D eigenvalue weighted by Gasteiger charge is -2.37. The van der Waals surface area contributed by atoms with Gasteiger partial charge in [-0.1, -0.05) is 12.1 Å². The molecule has 196 valence electrons. The number of methoxy groups -OCH3 is 2. The number of carbonyl (C=O) groups excluding carboxylic acids is 2. The highest BCUT2D eigenvalue weighted by atomic mass is 32.1. The zero-order valence-corrected chi connectivity index (χ0v) is 21.8. The van der Waals surface area contributed by atoms with Gasteiger partial charge in [0.05, 0.1) is 13.2 Å². The van der Waals surface area contributed by atoms with Gasteiger partial charge in [0.25, 0.3) is 5.91 Å². The van der Waals surface area contributed by atoms with E-state index >= 15 is 0 Å². The van der Waals surface area contributed by atoms with Crippen LogP contribution < -0.4 is 9.47 Å².